The van der Waals surface area contributed by atoms with Gasteiger partial charge in [0, 0.05) is 23.5 Å². The van der Waals surface area contributed by atoms with Crippen molar-refractivity contribution in [3.63, 3.8) is 0 Å². The average molecular weight is 722 g/mol. The van der Waals surface area contributed by atoms with Gasteiger partial charge in [0.15, 0.2) is 0 Å². The monoisotopic (exact) mass is 721 g/mol. The van der Waals surface area contributed by atoms with Gasteiger partial charge in [-0.05, 0) is 48.3 Å². The van der Waals surface area contributed by atoms with E-state index in [0.29, 0.717) is 5.56 Å². The molecule has 0 aliphatic carbocycles. The molecule has 0 spiro atoms. The normalized spacial score (nSPS) is 14.2. The molecule has 0 fully saturated rings. The van der Waals surface area contributed by atoms with Gasteiger partial charge in [0.25, 0.3) is 0 Å². The number of hydrogen-bond acceptors (Lipinski definition) is 8. The lowest BCUT2D eigenvalue weighted by atomic mass is 10.0. The Morgan fingerprint density at radius 2 is 1.25 bits per heavy atom. The first-order chi connectivity index (χ1) is 24.7. The average Bonchev–Trinajstić information content (AvgIpc) is 3.50. The minimum absolute atomic E-state index is 0.0333. The van der Waals surface area contributed by atoms with Crippen molar-refractivity contribution in [3.8, 4) is 0 Å². The lowest BCUT2D eigenvalue weighted by molar-refractivity contribution is -0.142. The number of H-pyrrole nitrogens is 1. The molecule has 5 atom stereocenters. The van der Waals surface area contributed by atoms with Gasteiger partial charge in [0.1, 0.15) is 24.2 Å². The first-order valence-corrected chi connectivity index (χ1v) is 17.3. The number of carbonyl (C=O) groups is 6. The summed E-state index contributed by atoms with van der Waals surface area (Å²) in [5.74, 6) is -5.02. The molecule has 0 radical (unpaired) electrons. The number of hydrogen-bond donors (Lipinski definition) is 9. The predicted octanol–water partition coefficient (Wildman–Crippen LogP) is 0.505. The summed E-state index contributed by atoms with van der Waals surface area (Å²) in [5.41, 5.74) is 8.31. The Bertz CT molecular complexity index is 1680. The summed E-state index contributed by atoms with van der Waals surface area (Å²) >= 11 is 0. The maximum Gasteiger partial charge on any atom is 0.326 e. The molecule has 15 nitrogen and oxygen atoms in total. The van der Waals surface area contributed by atoms with E-state index in [1.54, 1.807) is 6.20 Å². The number of carboxylic acids is 1. The van der Waals surface area contributed by atoms with Crippen LogP contribution < -0.4 is 32.3 Å². The van der Waals surface area contributed by atoms with Crippen LogP contribution in [0.25, 0.3) is 10.9 Å². The summed E-state index contributed by atoms with van der Waals surface area (Å²) in [6, 6.07) is 10.4. The van der Waals surface area contributed by atoms with Crippen LogP contribution in [0.4, 0.5) is 0 Å². The molecule has 282 valence electrons. The van der Waals surface area contributed by atoms with Crippen molar-refractivity contribution < 1.29 is 39.0 Å². The van der Waals surface area contributed by atoms with Crippen LogP contribution in [0.1, 0.15) is 51.7 Å². The SMILES string of the molecule is CC(C)C[C@H](NC(=O)[C@H](Cc1c[nH]c2ccccc12)NC(=O)[C@H](CO)NC(=O)[C@H](CC(C)C)NC(=O)CNC(=O)[C@@H](N)Cc1ccccc1)C(=O)O. The van der Waals surface area contributed by atoms with Crippen LogP contribution >= 0.6 is 0 Å². The Morgan fingerprint density at radius 1 is 0.692 bits per heavy atom. The number of aromatic amines is 1. The fourth-order valence-electron chi connectivity index (χ4n) is 5.64. The third-order valence-corrected chi connectivity index (χ3v) is 8.29. The van der Waals surface area contributed by atoms with Crippen LogP contribution in [0.15, 0.2) is 60.8 Å². The fourth-order valence-corrected chi connectivity index (χ4v) is 5.64. The van der Waals surface area contributed by atoms with E-state index in [-0.39, 0.29) is 37.5 Å². The van der Waals surface area contributed by atoms with Crippen molar-refractivity contribution in [1.82, 2.24) is 31.6 Å². The topological polar surface area (TPSA) is 245 Å². The van der Waals surface area contributed by atoms with Gasteiger partial charge in [-0.25, -0.2) is 4.79 Å². The minimum atomic E-state index is -1.53. The molecule has 52 heavy (non-hydrogen) atoms. The lowest BCUT2D eigenvalue weighted by Crippen LogP contribution is -2.59. The third-order valence-electron chi connectivity index (χ3n) is 8.29. The maximum atomic E-state index is 13.5. The molecule has 1 aromatic heterocycles. The Morgan fingerprint density at radius 3 is 1.88 bits per heavy atom. The van der Waals surface area contributed by atoms with Crippen molar-refractivity contribution in [2.24, 2.45) is 17.6 Å². The highest BCUT2D eigenvalue weighted by molar-refractivity contribution is 5.96. The Kier molecular flexibility index (Phi) is 15.8. The molecule has 0 saturated heterocycles. The van der Waals surface area contributed by atoms with E-state index in [4.69, 9.17) is 5.73 Å². The minimum Gasteiger partial charge on any atom is -0.480 e. The quantitative estimate of drug-likeness (QED) is 0.0788. The molecule has 1 heterocycles. The van der Waals surface area contributed by atoms with Crippen LogP contribution in [0.2, 0.25) is 0 Å². The van der Waals surface area contributed by atoms with Crippen molar-refractivity contribution in [2.45, 2.75) is 83.6 Å². The smallest absolute Gasteiger partial charge is 0.326 e. The number of carboxylic acid groups (broad SMARTS) is 1. The van der Waals surface area contributed by atoms with Crippen LogP contribution in [0.3, 0.4) is 0 Å². The largest absolute Gasteiger partial charge is 0.480 e. The summed E-state index contributed by atoms with van der Waals surface area (Å²) in [4.78, 5) is 80.8. The predicted molar refractivity (Wildman–Crippen MR) is 194 cm³/mol. The zero-order valence-corrected chi connectivity index (χ0v) is 30.0. The number of benzene rings is 2. The molecule has 0 unspecified atom stereocenters. The number of aliphatic carboxylic acids is 1. The highest BCUT2D eigenvalue weighted by Gasteiger charge is 2.32. The first-order valence-electron chi connectivity index (χ1n) is 17.3. The standard InChI is InChI=1S/C37H51N7O8/c1-21(2)14-28(41-32(46)19-40-33(47)26(38)16-23-10-6-5-7-11-23)34(48)44-31(20-45)36(50)42-29(35(49)43-30(37(51)52)15-22(3)4)17-24-18-39-27-13-9-8-12-25(24)27/h5-13,18,21-22,26,28-31,39,45H,14-17,19-20,38H2,1-4H3,(H,40,47)(H,41,46)(H,42,50)(H,43,49)(H,44,48)(H,51,52)/t26-,28-,29-,30-,31-/m0/s1. The summed E-state index contributed by atoms with van der Waals surface area (Å²) in [6.07, 6.45) is 2.23. The number of para-hydroxylation sites is 1. The Balaban J connectivity index is 1.70. The molecule has 0 aliphatic heterocycles. The molecule has 3 rings (SSSR count). The third kappa shape index (κ3) is 12.8. The summed E-state index contributed by atoms with van der Waals surface area (Å²) < 4.78 is 0. The van der Waals surface area contributed by atoms with Crippen LogP contribution in [-0.2, 0) is 41.6 Å². The molecule has 10 N–H and O–H groups in total. The molecule has 3 aromatic rings. The molecule has 5 amide bonds. The van der Waals surface area contributed by atoms with Gasteiger partial charge in [-0.3, -0.25) is 24.0 Å². The zero-order valence-electron chi connectivity index (χ0n) is 30.0. The number of fused-ring (bicyclic) bond motifs is 1. The highest BCUT2D eigenvalue weighted by Crippen LogP contribution is 2.19. The van der Waals surface area contributed by atoms with E-state index < -0.39 is 78.9 Å². The number of aliphatic hydroxyl groups is 1. The van der Waals surface area contributed by atoms with E-state index in [1.807, 2.05) is 82.3 Å². The molecular weight excluding hydrogens is 670 g/mol. The van der Waals surface area contributed by atoms with Gasteiger partial charge in [-0.15, -0.1) is 0 Å². The van der Waals surface area contributed by atoms with Gasteiger partial charge in [-0.1, -0.05) is 76.2 Å². The van der Waals surface area contributed by atoms with E-state index >= 15 is 0 Å². The van der Waals surface area contributed by atoms with Crippen LogP contribution in [-0.4, -0.2) is 94.1 Å². The highest BCUT2D eigenvalue weighted by atomic mass is 16.4. The van der Waals surface area contributed by atoms with E-state index in [1.165, 1.54) is 0 Å². The van der Waals surface area contributed by atoms with Crippen molar-refractivity contribution in [3.05, 3.63) is 71.9 Å². The van der Waals surface area contributed by atoms with Crippen molar-refractivity contribution in [1.29, 1.82) is 0 Å². The maximum absolute atomic E-state index is 13.5. The van der Waals surface area contributed by atoms with Crippen LogP contribution in [0, 0.1) is 11.8 Å². The summed E-state index contributed by atoms with van der Waals surface area (Å²) in [7, 11) is 0. The van der Waals surface area contributed by atoms with E-state index in [9.17, 15) is 39.0 Å². The molecule has 2 aromatic carbocycles. The first kappa shape index (κ1) is 41.1. The van der Waals surface area contributed by atoms with Gasteiger partial charge >= 0.3 is 5.97 Å². The van der Waals surface area contributed by atoms with Gasteiger partial charge in [-0.2, -0.15) is 0 Å². The van der Waals surface area contributed by atoms with Crippen molar-refractivity contribution in [2.75, 3.05) is 13.2 Å². The van der Waals surface area contributed by atoms with E-state index in [0.717, 1.165) is 16.5 Å². The molecule has 0 aliphatic rings. The number of carbonyl (C=O) groups excluding carboxylic acids is 5. The number of nitrogens with two attached hydrogens (primary N) is 1. The summed E-state index contributed by atoms with van der Waals surface area (Å²) in [5, 5.41) is 33.3. The number of amides is 5. The fraction of sp³-hybridized carbons (Fsp3) is 0.459. The number of rotatable bonds is 20. The number of aliphatic hydroxyl groups excluding tert-OH is 1. The van der Waals surface area contributed by atoms with Crippen molar-refractivity contribution >= 4 is 46.4 Å². The number of nitrogens with one attached hydrogen (secondary N) is 6. The number of aromatic nitrogens is 1. The van der Waals surface area contributed by atoms with Gasteiger partial charge in [0.2, 0.25) is 29.5 Å². The van der Waals surface area contributed by atoms with Gasteiger partial charge in [0.05, 0.1) is 19.2 Å². The molecule has 15 heteroatoms. The summed E-state index contributed by atoms with van der Waals surface area (Å²) in [6.45, 7) is 5.98. The lowest BCUT2D eigenvalue weighted by Gasteiger charge is -2.26. The molecule has 0 saturated carbocycles. The van der Waals surface area contributed by atoms with Gasteiger partial charge < -0.3 is 47.5 Å². The molecular formula is C37H51N7O8. The van der Waals surface area contributed by atoms with Crippen LogP contribution in [0.5, 0.6) is 0 Å². The Labute approximate surface area is 302 Å². The second-order valence-corrected chi connectivity index (χ2v) is 13.7. The zero-order chi connectivity index (χ0) is 38.4. The second-order valence-electron chi connectivity index (χ2n) is 13.7. The molecule has 0 bridgehead atoms. The van der Waals surface area contributed by atoms with E-state index in [2.05, 4.69) is 31.6 Å². The second kappa shape index (κ2) is 19.9. The Hall–Kier alpha value is -5.28.